The summed E-state index contributed by atoms with van der Waals surface area (Å²) >= 11 is 1.45. The lowest BCUT2D eigenvalue weighted by Gasteiger charge is -2.07. The van der Waals surface area contributed by atoms with Crippen LogP contribution in [0.1, 0.15) is 32.8 Å². The van der Waals surface area contributed by atoms with E-state index in [0.717, 1.165) is 24.8 Å². The molecule has 3 rings (SSSR count). The lowest BCUT2D eigenvalue weighted by molar-refractivity contribution is 0.102. The first-order valence-electron chi connectivity index (χ1n) is 6.54. The third-order valence-corrected chi connectivity index (χ3v) is 4.75. The number of aryl methyl sites for hydroxylation is 1. The number of nitriles is 1. The summed E-state index contributed by atoms with van der Waals surface area (Å²) in [6.07, 6.45) is 2.90. The van der Waals surface area contributed by atoms with Gasteiger partial charge in [0.2, 0.25) is 0 Å². The largest absolute Gasteiger partial charge is 0.508 e. The number of nitrogens with one attached hydrogen (secondary N) is 1. The molecule has 0 atom stereocenters. The SMILES string of the molecule is N#Cc1c(NC(=O)c2cc(O)ccc2N)sc2c1CCC2. The molecule has 0 saturated heterocycles. The zero-order valence-corrected chi connectivity index (χ0v) is 12.0. The molecule has 0 fully saturated rings. The molecule has 0 radical (unpaired) electrons. The Kier molecular flexibility index (Phi) is 3.28. The third kappa shape index (κ3) is 2.32. The highest BCUT2D eigenvalue weighted by Gasteiger charge is 2.23. The van der Waals surface area contributed by atoms with Crippen molar-refractivity contribution in [1.29, 1.82) is 5.26 Å². The molecule has 6 heteroatoms. The number of carbonyl (C=O) groups is 1. The maximum Gasteiger partial charge on any atom is 0.258 e. The van der Waals surface area contributed by atoms with Crippen LogP contribution in [0.2, 0.25) is 0 Å². The molecule has 1 amide bonds. The Morgan fingerprint density at radius 3 is 3.00 bits per heavy atom. The van der Waals surface area contributed by atoms with Crippen LogP contribution in [0.25, 0.3) is 0 Å². The summed E-state index contributed by atoms with van der Waals surface area (Å²) in [7, 11) is 0. The minimum Gasteiger partial charge on any atom is -0.508 e. The smallest absolute Gasteiger partial charge is 0.258 e. The van der Waals surface area contributed by atoms with Gasteiger partial charge in [0.05, 0.1) is 11.1 Å². The zero-order chi connectivity index (χ0) is 15.0. The van der Waals surface area contributed by atoms with E-state index in [1.807, 2.05) is 0 Å². The highest BCUT2D eigenvalue weighted by molar-refractivity contribution is 7.16. The van der Waals surface area contributed by atoms with Crippen molar-refractivity contribution in [3.05, 3.63) is 39.8 Å². The first kappa shape index (κ1) is 13.5. The number of nitrogen functional groups attached to an aromatic ring is 1. The second-order valence-corrected chi connectivity index (χ2v) is 6.00. The summed E-state index contributed by atoms with van der Waals surface area (Å²) in [6, 6.07) is 6.39. The molecule has 106 valence electrons. The van der Waals surface area contributed by atoms with Gasteiger partial charge in [-0.1, -0.05) is 0 Å². The summed E-state index contributed by atoms with van der Waals surface area (Å²) in [5, 5.41) is 22.1. The van der Waals surface area contributed by atoms with Gasteiger partial charge in [0, 0.05) is 10.6 Å². The summed E-state index contributed by atoms with van der Waals surface area (Å²) in [6.45, 7) is 0. The molecule has 0 saturated carbocycles. The van der Waals surface area contributed by atoms with Crippen molar-refractivity contribution in [3.63, 3.8) is 0 Å². The van der Waals surface area contributed by atoms with Crippen LogP contribution in [0.5, 0.6) is 5.75 Å². The summed E-state index contributed by atoms with van der Waals surface area (Å²) in [5.74, 6) is -0.441. The summed E-state index contributed by atoms with van der Waals surface area (Å²) < 4.78 is 0. The Balaban J connectivity index is 1.92. The van der Waals surface area contributed by atoms with Crippen LogP contribution in [-0.4, -0.2) is 11.0 Å². The third-order valence-electron chi connectivity index (χ3n) is 3.54. The van der Waals surface area contributed by atoms with Crippen LogP contribution in [0.3, 0.4) is 0 Å². The Bertz CT molecular complexity index is 774. The fourth-order valence-electron chi connectivity index (χ4n) is 2.52. The maximum atomic E-state index is 12.3. The highest BCUT2D eigenvalue weighted by atomic mass is 32.1. The van der Waals surface area contributed by atoms with Crippen LogP contribution in [-0.2, 0) is 12.8 Å². The van der Waals surface area contributed by atoms with Gasteiger partial charge in [0.25, 0.3) is 5.91 Å². The van der Waals surface area contributed by atoms with Gasteiger partial charge in [-0.05, 0) is 43.0 Å². The number of aromatic hydroxyl groups is 1. The molecule has 1 aromatic heterocycles. The molecular weight excluding hydrogens is 286 g/mol. The van der Waals surface area contributed by atoms with Crippen molar-refractivity contribution < 1.29 is 9.90 Å². The monoisotopic (exact) mass is 299 g/mol. The van der Waals surface area contributed by atoms with E-state index in [1.165, 1.54) is 34.4 Å². The van der Waals surface area contributed by atoms with Crippen LogP contribution in [0.4, 0.5) is 10.7 Å². The molecule has 0 bridgehead atoms. The molecule has 4 N–H and O–H groups in total. The minimum atomic E-state index is -0.417. The number of anilines is 2. The Morgan fingerprint density at radius 1 is 1.43 bits per heavy atom. The van der Waals surface area contributed by atoms with Crippen LogP contribution in [0.15, 0.2) is 18.2 Å². The van der Waals surface area contributed by atoms with E-state index in [2.05, 4.69) is 11.4 Å². The van der Waals surface area contributed by atoms with E-state index in [4.69, 9.17) is 5.73 Å². The molecule has 1 aliphatic rings. The quantitative estimate of drug-likeness (QED) is 0.586. The normalized spacial score (nSPS) is 12.7. The summed E-state index contributed by atoms with van der Waals surface area (Å²) in [4.78, 5) is 13.4. The van der Waals surface area contributed by atoms with Gasteiger partial charge in [0.15, 0.2) is 0 Å². The molecule has 0 aliphatic heterocycles. The molecule has 1 aliphatic carbocycles. The van der Waals surface area contributed by atoms with Crippen LogP contribution >= 0.6 is 11.3 Å². The fraction of sp³-hybridized carbons (Fsp3) is 0.200. The number of hydrogen-bond donors (Lipinski definition) is 3. The topological polar surface area (TPSA) is 99.1 Å². The first-order valence-corrected chi connectivity index (χ1v) is 7.36. The Hall–Kier alpha value is -2.52. The van der Waals surface area contributed by atoms with Crippen molar-refractivity contribution in [2.24, 2.45) is 0 Å². The van der Waals surface area contributed by atoms with E-state index in [9.17, 15) is 15.2 Å². The van der Waals surface area contributed by atoms with Gasteiger partial charge in [-0.15, -0.1) is 11.3 Å². The van der Waals surface area contributed by atoms with Gasteiger partial charge in [-0.25, -0.2) is 0 Å². The average Bonchev–Trinajstić information content (AvgIpc) is 3.01. The van der Waals surface area contributed by atoms with Gasteiger partial charge < -0.3 is 16.2 Å². The van der Waals surface area contributed by atoms with Gasteiger partial charge in [-0.2, -0.15) is 5.26 Å². The van der Waals surface area contributed by atoms with Crippen molar-refractivity contribution in [1.82, 2.24) is 0 Å². The molecule has 5 nitrogen and oxygen atoms in total. The Labute approximate surface area is 125 Å². The number of hydrogen-bond acceptors (Lipinski definition) is 5. The van der Waals surface area contributed by atoms with E-state index in [-0.39, 0.29) is 17.0 Å². The average molecular weight is 299 g/mol. The van der Waals surface area contributed by atoms with Gasteiger partial charge >= 0.3 is 0 Å². The molecule has 0 unspecified atom stereocenters. The molecule has 0 spiro atoms. The molecule has 2 aromatic rings. The van der Waals surface area contributed by atoms with Gasteiger partial charge in [0.1, 0.15) is 16.8 Å². The number of amides is 1. The number of carbonyl (C=O) groups excluding carboxylic acids is 1. The molecule has 1 heterocycles. The maximum absolute atomic E-state index is 12.3. The number of rotatable bonds is 2. The van der Waals surface area contributed by atoms with E-state index in [1.54, 1.807) is 0 Å². The number of nitrogens with zero attached hydrogens (tertiary/aromatic N) is 1. The van der Waals surface area contributed by atoms with Crippen molar-refractivity contribution in [2.75, 3.05) is 11.1 Å². The van der Waals surface area contributed by atoms with Crippen LogP contribution in [0, 0.1) is 11.3 Å². The highest BCUT2D eigenvalue weighted by Crippen LogP contribution is 2.38. The van der Waals surface area contributed by atoms with Crippen molar-refractivity contribution in [2.45, 2.75) is 19.3 Å². The predicted molar refractivity (Wildman–Crippen MR) is 81.5 cm³/mol. The van der Waals surface area contributed by atoms with E-state index < -0.39 is 5.91 Å². The number of thiophene rings is 1. The van der Waals surface area contributed by atoms with E-state index in [0.29, 0.717) is 10.6 Å². The molecule has 1 aromatic carbocycles. The fourth-order valence-corrected chi connectivity index (χ4v) is 3.76. The van der Waals surface area contributed by atoms with Crippen molar-refractivity contribution in [3.8, 4) is 11.8 Å². The second-order valence-electron chi connectivity index (χ2n) is 4.90. The number of nitrogens with two attached hydrogens (primary N) is 1. The van der Waals surface area contributed by atoms with Crippen molar-refractivity contribution >= 4 is 27.9 Å². The van der Waals surface area contributed by atoms with Crippen LogP contribution < -0.4 is 11.1 Å². The zero-order valence-electron chi connectivity index (χ0n) is 11.1. The number of phenolic OH excluding ortho intramolecular Hbond substituents is 1. The second kappa shape index (κ2) is 5.11. The number of phenols is 1. The van der Waals surface area contributed by atoms with E-state index >= 15 is 0 Å². The lowest BCUT2D eigenvalue weighted by atomic mass is 10.1. The molecular formula is C15H13N3O2S. The number of benzene rings is 1. The van der Waals surface area contributed by atoms with Gasteiger partial charge in [-0.3, -0.25) is 4.79 Å². The molecule has 21 heavy (non-hydrogen) atoms. The Morgan fingerprint density at radius 2 is 2.24 bits per heavy atom. The summed E-state index contributed by atoms with van der Waals surface area (Å²) in [5.41, 5.74) is 7.85. The lowest BCUT2D eigenvalue weighted by Crippen LogP contribution is -2.14. The first-order chi connectivity index (χ1) is 10.1. The standard InChI is InChI=1S/C15H13N3O2S/c16-7-11-9-2-1-3-13(9)21-15(11)18-14(20)10-6-8(19)4-5-12(10)17/h4-6,19H,1-3,17H2,(H,18,20). The number of fused-ring (bicyclic) bond motifs is 1. The minimum absolute atomic E-state index is 0.0245. The predicted octanol–water partition coefficient (Wildman–Crippen LogP) is 2.65.